The zero-order valence-corrected chi connectivity index (χ0v) is 10.5. The number of hydrogen-bond acceptors (Lipinski definition) is 4. The van der Waals surface area contributed by atoms with E-state index in [1.807, 2.05) is 0 Å². The van der Waals surface area contributed by atoms with E-state index in [1.54, 1.807) is 12.3 Å². The molecule has 1 unspecified atom stereocenters. The number of rotatable bonds is 5. The van der Waals surface area contributed by atoms with Gasteiger partial charge in [-0.2, -0.15) is 0 Å². The lowest BCUT2D eigenvalue weighted by molar-refractivity contribution is 0.0727. The van der Waals surface area contributed by atoms with Crippen molar-refractivity contribution in [1.29, 1.82) is 0 Å². The Hall–Kier alpha value is -0.360. The van der Waals surface area contributed by atoms with Crippen molar-refractivity contribution in [3.05, 3.63) is 21.8 Å². The fraction of sp³-hybridized carbons (Fsp3) is 0.444. The second-order valence-electron chi connectivity index (χ2n) is 2.97. The number of nitrogens with one attached hydrogen (secondary N) is 1. The second kappa shape index (κ2) is 6.27. The van der Waals surface area contributed by atoms with Crippen LogP contribution in [0.4, 0.5) is 5.82 Å². The van der Waals surface area contributed by atoms with E-state index in [0.717, 1.165) is 4.47 Å². The summed E-state index contributed by atoms with van der Waals surface area (Å²) in [6, 6.07) is 1.74. The maximum atomic E-state index is 9.39. The molecule has 0 amide bonds. The number of aromatic nitrogens is 1. The fourth-order valence-corrected chi connectivity index (χ4v) is 1.71. The highest BCUT2D eigenvalue weighted by molar-refractivity contribution is 9.10. The molecule has 0 radical (unpaired) electrons. The molecule has 0 aliphatic rings. The van der Waals surface area contributed by atoms with Crippen molar-refractivity contribution in [1.82, 2.24) is 4.98 Å². The van der Waals surface area contributed by atoms with Crippen LogP contribution in [0.15, 0.2) is 16.7 Å². The Morgan fingerprint density at radius 1 is 1.73 bits per heavy atom. The molecule has 0 spiro atoms. The smallest absolute Gasteiger partial charge is 0.144 e. The van der Waals surface area contributed by atoms with Gasteiger partial charge in [-0.25, -0.2) is 4.98 Å². The Morgan fingerprint density at radius 2 is 2.47 bits per heavy atom. The van der Waals surface area contributed by atoms with Crippen molar-refractivity contribution in [3.63, 3.8) is 0 Å². The molecule has 15 heavy (non-hydrogen) atoms. The standard InChI is InChI=1S/C9H12BrClN2O2/c1-15-5-7(14)4-13-9-8(11)2-6(10)3-12-9/h2-3,7,14H,4-5H2,1H3,(H,12,13). The summed E-state index contributed by atoms with van der Waals surface area (Å²) in [6.07, 6.45) is 1.06. The molecule has 1 aromatic heterocycles. The number of methoxy groups -OCH3 is 1. The van der Waals surface area contributed by atoms with Crippen LogP contribution in [-0.4, -0.2) is 36.5 Å². The first-order chi connectivity index (χ1) is 7.13. The van der Waals surface area contributed by atoms with E-state index < -0.39 is 6.10 Å². The monoisotopic (exact) mass is 294 g/mol. The van der Waals surface area contributed by atoms with Gasteiger partial charge in [0.2, 0.25) is 0 Å². The number of aliphatic hydroxyl groups is 1. The van der Waals surface area contributed by atoms with Gasteiger partial charge in [0.25, 0.3) is 0 Å². The fourth-order valence-electron chi connectivity index (χ4n) is 1.01. The summed E-state index contributed by atoms with van der Waals surface area (Å²) in [4.78, 5) is 4.07. The maximum Gasteiger partial charge on any atom is 0.144 e. The van der Waals surface area contributed by atoms with Crippen LogP contribution in [0.5, 0.6) is 0 Å². The van der Waals surface area contributed by atoms with Gasteiger partial charge < -0.3 is 15.2 Å². The van der Waals surface area contributed by atoms with E-state index in [9.17, 15) is 5.11 Å². The van der Waals surface area contributed by atoms with E-state index in [-0.39, 0.29) is 6.61 Å². The van der Waals surface area contributed by atoms with Gasteiger partial charge in [-0.3, -0.25) is 0 Å². The van der Waals surface area contributed by atoms with Crippen molar-refractivity contribution in [2.24, 2.45) is 0 Å². The van der Waals surface area contributed by atoms with E-state index in [0.29, 0.717) is 17.4 Å². The molecule has 1 atom stereocenters. The number of aliphatic hydroxyl groups excluding tert-OH is 1. The van der Waals surface area contributed by atoms with E-state index in [2.05, 4.69) is 26.2 Å². The number of hydrogen-bond donors (Lipinski definition) is 2. The van der Waals surface area contributed by atoms with Crippen LogP contribution in [0.25, 0.3) is 0 Å². The SMILES string of the molecule is COCC(O)CNc1ncc(Br)cc1Cl. The Balaban J connectivity index is 2.50. The summed E-state index contributed by atoms with van der Waals surface area (Å²) < 4.78 is 5.61. The minimum Gasteiger partial charge on any atom is -0.389 e. The number of ether oxygens (including phenoxy) is 1. The van der Waals surface area contributed by atoms with Crippen LogP contribution < -0.4 is 5.32 Å². The normalized spacial score (nSPS) is 12.5. The van der Waals surface area contributed by atoms with Crippen LogP contribution in [0.1, 0.15) is 0 Å². The predicted molar refractivity (Wildman–Crippen MR) is 63.3 cm³/mol. The van der Waals surface area contributed by atoms with Crippen LogP contribution >= 0.6 is 27.5 Å². The van der Waals surface area contributed by atoms with Crippen LogP contribution in [-0.2, 0) is 4.74 Å². The van der Waals surface area contributed by atoms with E-state index in [1.165, 1.54) is 7.11 Å². The largest absolute Gasteiger partial charge is 0.389 e. The Kier molecular flexibility index (Phi) is 5.31. The van der Waals surface area contributed by atoms with Crippen molar-refractivity contribution in [3.8, 4) is 0 Å². The van der Waals surface area contributed by atoms with Gasteiger partial charge >= 0.3 is 0 Å². The summed E-state index contributed by atoms with van der Waals surface area (Å²) in [5.41, 5.74) is 0. The Bertz CT molecular complexity index is 325. The van der Waals surface area contributed by atoms with Gasteiger partial charge in [-0.15, -0.1) is 0 Å². The molecule has 0 aliphatic carbocycles. The molecule has 0 fully saturated rings. The lowest BCUT2D eigenvalue weighted by Crippen LogP contribution is -2.24. The maximum absolute atomic E-state index is 9.39. The topological polar surface area (TPSA) is 54.4 Å². The predicted octanol–water partition coefficient (Wildman–Crippen LogP) is 1.92. The zero-order chi connectivity index (χ0) is 11.3. The highest BCUT2D eigenvalue weighted by atomic mass is 79.9. The third kappa shape index (κ3) is 4.34. The number of halogens is 2. The quantitative estimate of drug-likeness (QED) is 0.871. The molecule has 84 valence electrons. The average molecular weight is 296 g/mol. The first kappa shape index (κ1) is 12.7. The Labute approximate surface area is 102 Å². The van der Waals surface area contributed by atoms with Crippen LogP contribution in [0.3, 0.4) is 0 Å². The number of pyridine rings is 1. The molecular formula is C9H12BrClN2O2. The molecule has 1 aromatic rings. The lowest BCUT2D eigenvalue weighted by atomic mass is 10.3. The van der Waals surface area contributed by atoms with Crippen LogP contribution in [0.2, 0.25) is 5.02 Å². The molecule has 4 nitrogen and oxygen atoms in total. The zero-order valence-electron chi connectivity index (χ0n) is 8.20. The summed E-state index contributed by atoms with van der Waals surface area (Å²) in [5, 5.41) is 12.8. The number of anilines is 1. The molecule has 6 heteroatoms. The summed E-state index contributed by atoms with van der Waals surface area (Å²) in [5.74, 6) is 0.551. The van der Waals surface area contributed by atoms with Gasteiger partial charge in [0.05, 0.1) is 17.7 Å². The third-order valence-corrected chi connectivity index (χ3v) is 2.39. The molecule has 2 N–H and O–H groups in total. The van der Waals surface area contributed by atoms with Gasteiger partial charge in [-0.1, -0.05) is 11.6 Å². The Morgan fingerprint density at radius 3 is 3.07 bits per heavy atom. The van der Waals surface area contributed by atoms with Crippen LogP contribution in [0, 0.1) is 0 Å². The molecule has 1 rings (SSSR count). The summed E-state index contributed by atoms with van der Waals surface area (Å²) in [7, 11) is 1.54. The second-order valence-corrected chi connectivity index (χ2v) is 4.30. The molecule has 0 aromatic carbocycles. The lowest BCUT2D eigenvalue weighted by Gasteiger charge is -2.11. The summed E-state index contributed by atoms with van der Waals surface area (Å²) in [6.45, 7) is 0.628. The highest BCUT2D eigenvalue weighted by Gasteiger charge is 2.06. The first-order valence-electron chi connectivity index (χ1n) is 4.35. The van der Waals surface area contributed by atoms with Crippen molar-refractivity contribution >= 4 is 33.3 Å². The first-order valence-corrected chi connectivity index (χ1v) is 5.52. The molecule has 1 heterocycles. The minimum atomic E-state index is -0.573. The van der Waals surface area contributed by atoms with Crippen molar-refractivity contribution in [2.45, 2.75) is 6.10 Å². The molecule has 0 saturated carbocycles. The van der Waals surface area contributed by atoms with Gasteiger partial charge in [0, 0.05) is 24.3 Å². The minimum absolute atomic E-state index is 0.279. The molecule has 0 bridgehead atoms. The van der Waals surface area contributed by atoms with E-state index >= 15 is 0 Å². The van der Waals surface area contributed by atoms with Crippen molar-refractivity contribution in [2.75, 3.05) is 25.6 Å². The average Bonchev–Trinajstić information content (AvgIpc) is 2.17. The molecule has 0 aliphatic heterocycles. The van der Waals surface area contributed by atoms with E-state index in [4.69, 9.17) is 16.3 Å². The third-order valence-electron chi connectivity index (χ3n) is 1.67. The van der Waals surface area contributed by atoms with Crippen molar-refractivity contribution < 1.29 is 9.84 Å². The molecule has 0 saturated heterocycles. The van der Waals surface area contributed by atoms with Gasteiger partial charge in [0.15, 0.2) is 0 Å². The van der Waals surface area contributed by atoms with Gasteiger partial charge in [0.1, 0.15) is 5.82 Å². The molecular weight excluding hydrogens is 283 g/mol. The highest BCUT2D eigenvalue weighted by Crippen LogP contribution is 2.22. The number of nitrogens with zero attached hydrogens (tertiary/aromatic N) is 1. The summed E-state index contributed by atoms with van der Waals surface area (Å²) >= 11 is 9.18. The van der Waals surface area contributed by atoms with Gasteiger partial charge in [-0.05, 0) is 22.0 Å².